The van der Waals surface area contributed by atoms with Gasteiger partial charge >= 0.3 is 0 Å². The molecule has 2 aromatic rings. The summed E-state index contributed by atoms with van der Waals surface area (Å²) in [5.74, 6) is 5.56. The molecule has 0 aliphatic heterocycles. The van der Waals surface area contributed by atoms with E-state index in [0.717, 1.165) is 0 Å². The van der Waals surface area contributed by atoms with Gasteiger partial charge in [-0.1, -0.05) is 11.8 Å². The zero-order valence-corrected chi connectivity index (χ0v) is 10.00. The Labute approximate surface area is 110 Å². The SMILES string of the molecule is NCC#Cc1cnccc1C(=O)Nc1cnccn1. The van der Waals surface area contributed by atoms with Crippen LogP contribution < -0.4 is 11.1 Å². The van der Waals surface area contributed by atoms with Gasteiger partial charge in [-0.2, -0.15) is 0 Å². The van der Waals surface area contributed by atoms with Gasteiger partial charge in [0.05, 0.1) is 23.9 Å². The molecule has 6 nitrogen and oxygen atoms in total. The first kappa shape index (κ1) is 12.7. The third-order valence-electron chi connectivity index (χ3n) is 2.20. The number of amides is 1. The van der Waals surface area contributed by atoms with Crippen LogP contribution in [0.3, 0.4) is 0 Å². The van der Waals surface area contributed by atoms with Gasteiger partial charge in [-0.05, 0) is 6.07 Å². The Bertz CT molecular complexity index is 630. The Balaban J connectivity index is 2.24. The zero-order chi connectivity index (χ0) is 13.5. The smallest absolute Gasteiger partial charge is 0.258 e. The summed E-state index contributed by atoms with van der Waals surface area (Å²) in [4.78, 5) is 23.9. The molecular formula is C13H11N5O. The largest absolute Gasteiger partial charge is 0.320 e. The number of rotatable bonds is 2. The van der Waals surface area contributed by atoms with Crippen LogP contribution in [0.4, 0.5) is 5.82 Å². The molecule has 0 atom stereocenters. The van der Waals surface area contributed by atoms with Crippen molar-refractivity contribution in [1.29, 1.82) is 0 Å². The lowest BCUT2D eigenvalue weighted by atomic mass is 10.1. The Morgan fingerprint density at radius 2 is 2.11 bits per heavy atom. The Morgan fingerprint density at radius 1 is 1.26 bits per heavy atom. The van der Waals surface area contributed by atoms with Crippen LogP contribution in [0.25, 0.3) is 0 Å². The number of carbonyl (C=O) groups is 1. The van der Waals surface area contributed by atoms with Crippen molar-refractivity contribution in [3.8, 4) is 11.8 Å². The van der Waals surface area contributed by atoms with Crippen molar-refractivity contribution in [3.05, 3.63) is 48.2 Å². The number of anilines is 1. The molecule has 0 fully saturated rings. The molecule has 0 aliphatic carbocycles. The van der Waals surface area contributed by atoms with E-state index in [9.17, 15) is 4.79 Å². The lowest BCUT2D eigenvalue weighted by molar-refractivity contribution is 0.102. The lowest BCUT2D eigenvalue weighted by Gasteiger charge is -2.05. The summed E-state index contributed by atoms with van der Waals surface area (Å²) >= 11 is 0. The van der Waals surface area contributed by atoms with Gasteiger partial charge in [-0.15, -0.1) is 0 Å². The highest BCUT2D eigenvalue weighted by atomic mass is 16.1. The molecule has 0 bridgehead atoms. The van der Waals surface area contributed by atoms with E-state index in [0.29, 0.717) is 16.9 Å². The minimum Gasteiger partial charge on any atom is -0.320 e. The Morgan fingerprint density at radius 3 is 2.84 bits per heavy atom. The van der Waals surface area contributed by atoms with Gasteiger partial charge in [0.2, 0.25) is 0 Å². The quantitative estimate of drug-likeness (QED) is 0.757. The average Bonchev–Trinajstić information content (AvgIpc) is 2.46. The lowest BCUT2D eigenvalue weighted by Crippen LogP contribution is -2.14. The molecule has 94 valence electrons. The molecular weight excluding hydrogens is 242 g/mol. The number of hydrogen-bond donors (Lipinski definition) is 2. The van der Waals surface area contributed by atoms with Crippen molar-refractivity contribution >= 4 is 11.7 Å². The normalized spacial score (nSPS) is 9.32. The highest BCUT2D eigenvalue weighted by Gasteiger charge is 2.10. The van der Waals surface area contributed by atoms with E-state index < -0.39 is 0 Å². The molecule has 0 aromatic carbocycles. The number of pyridine rings is 1. The molecule has 0 spiro atoms. The number of nitrogens with one attached hydrogen (secondary N) is 1. The van der Waals surface area contributed by atoms with Crippen molar-refractivity contribution in [2.75, 3.05) is 11.9 Å². The van der Waals surface area contributed by atoms with Crippen LogP contribution >= 0.6 is 0 Å². The molecule has 0 saturated carbocycles. The van der Waals surface area contributed by atoms with Crippen LogP contribution in [-0.2, 0) is 0 Å². The number of aromatic nitrogens is 3. The minimum atomic E-state index is -0.316. The van der Waals surface area contributed by atoms with E-state index in [1.807, 2.05) is 0 Å². The fraction of sp³-hybridized carbons (Fsp3) is 0.0769. The molecule has 1 amide bonds. The van der Waals surface area contributed by atoms with E-state index in [1.54, 1.807) is 6.07 Å². The zero-order valence-electron chi connectivity index (χ0n) is 10.00. The van der Waals surface area contributed by atoms with Crippen LogP contribution in [0.15, 0.2) is 37.1 Å². The summed E-state index contributed by atoms with van der Waals surface area (Å²) in [7, 11) is 0. The van der Waals surface area contributed by atoms with Gasteiger partial charge in [0, 0.05) is 24.8 Å². The Hall–Kier alpha value is -2.78. The first-order chi connectivity index (χ1) is 9.31. The molecule has 0 saturated heterocycles. The molecule has 3 N–H and O–H groups in total. The first-order valence-corrected chi connectivity index (χ1v) is 5.51. The van der Waals surface area contributed by atoms with E-state index in [1.165, 1.54) is 31.0 Å². The number of nitrogens with zero attached hydrogens (tertiary/aromatic N) is 3. The van der Waals surface area contributed by atoms with Crippen LogP contribution in [0.5, 0.6) is 0 Å². The number of nitrogens with two attached hydrogens (primary N) is 1. The predicted molar refractivity (Wildman–Crippen MR) is 70.2 cm³/mol. The standard InChI is InChI=1S/C13H11N5O/c14-4-1-2-10-8-15-5-3-11(10)13(19)18-12-9-16-6-7-17-12/h3,5-9H,4,14H2,(H,17,18,19). The van der Waals surface area contributed by atoms with Gasteiger partial charge < -0.3 is 11.1 Å². The molecule has 2 heterocycles. The summed E-state index contributed by atoms with van der Waals surface area (Å²) in [6, 6.07) is 1.59. The second kappa shape index (κ2) is 6.23. The highest BCUT2D eigenvalue weighted by molar-refractivity contribution is 6.05. The molecule has 0 radical (unpaired) electrons. The maximum absolute atomic E-state index is 12.1. The molecule has 0 aliphatic rings. The van der Waals surface area contributed by atoms with Crippen LogP contribution in [0.2, 0.25) is 0 Å². The van der Waals surface area contributed by atoms with Crippen molar-refractivity contribution < 1.29 is 4.79 Å². The summed E-state index contributed by atoms with van der Waals surface area (Å²) < 4.78 is 0. The first-order valence-electron chi connectivity index (χ1n) is 5.51. The van der Waals surface area contributed by atoms with E-state index in [4.69, 9.17) is 5.73 Å². The van der Waals surface area contributed by atoms with Crippen LogP contribution in [-0.4, -0.2) is 27.4 Å². The molecule has 6 heteroatoms. The molecule has 2 aromatic heterocycles. The third kappa shape index (κ3) is 3.34. The van der Waals surface area contributed by atoms with Crippen LogP contribution in [0, 0.1) is 11.8 Å². The summed E-state index contributed by atoms with van der Waals surface area (Å²) in [6.07, 6.45) is 7.54. The highest BCUT2D eigenvalue weighted by Crippen LogP contribution is 2.08. The Kier molecular flexibility index (Phi) is 4.16. The van der Waals surface area contributed by atoms with Crippen molar-refractivity contribution in [3.63, 3.8) is 0 Å². The fourth-order valence-corrected chi connectivity index (χ4v) is 1.39. The topological polar surface area (TPSA) is 93.8 Å². The van der Waals surface area contributed by atoms with Gasteiger partial charge in [0.15, 0.2) is 5.82 Å². The molecule has 2 rings (SSSR count). The molecule has 19 heavy (non-hydrogen) atoms. The fourth-order valence-electron chi connectivity index (χ4n) is 1.39. The van der Waals surface area contributed by atoms with Gasteiger partial charge in [-0.25, -0.2) is 4.98 Å². The average molecular weight is 253 g/mol. The maximum Gasteiger partial charge on any atom is 0.258 e. The molecule has 0 unspecified atom stereocenters. The van der Waals surface area contributed by atoms with E-state index >= 15 is 0 Å². The maximum atomic E-state index is 12.1. The third-order valence-corrected chi connectivity index (χ3v) is 2.20. The van der Waals surface area contributed by atoms with Crippen molar-refractivity contribution in [1.82, 2.24) is 15.0 Å². The van der Waals surface area contributed by atoms with Crippen molar-refractivity contribution in [2.45, 2.75) is 0 Å². The summed E-state index contributed by atoms with van der Waals surface area (Å²) in [5, 5.41) is 2.64. The predicted octanol–water partition coefficient (Wildman–Crippen LogP) is 0.434. The minimum absolute atomic E-state index is 0.222. The van der Waals surface area contributed by atoms with E-state index in [-0.39, 0.29) is 12.5 Å². The number of hydrogen-bond acceptors (Lipinski definition) is 5. The van der Waals surface area contributed by atoms with Crippen LogP contribution in [0.1, 0.15) is 15.9 Å². The monoisotopic (exact) mass is 253 g/mol. The second-order valence-electron chi connectivity index (χ2n) is 3.47. The summed E-state index contributed by atoms with van der Waals surface area (Å²) in [6.45, 7) is 0.222. The second-order valence-corrected chi connectivity index (χ2v) is 3.47. The van der Waals surface area contributed by atoms with E-state index in [2.05, 4.69) is 32.1 Å². The summed E-state index contributed by atoms with van der Waals surface area (Å²) in [5.41, 5.74) is 6.25. The van der Waals surface area contributed by atoms with Gasteiger partial charge in [-0.3, -0.25) is 14.8 Å². The van der Waals surface area contributed by atoms with Gasteiger partial charge in [0.25, 0.3) is 5.91 Å². The van der Waals surface area contributed by atoms with Gasteiger partial charge in [0.1, 0.15) is 0 Å². The number of carbonyl (C=O) groups excluding carboxylic acids is 1. The van der Waals surface area contributed by atoms with Crippen molar-refractivity contribution in [2.24, 2.45) is 5.73 Å².